The van der Waals surface area contributed by atoms with Crippen molar-refractivity contribution in [1.82, 2.24) is 9.88 Å². The van der Waals surface area contributed by atoms with Gasteiger partial charge >= 0.3 is 0 Å². The Morgan fingerprint density at radius 1 is 1.04 bits per heavy atom. The fourth-order valence-electron chi connectivity index (χ4n) is 2.95. The van der Waals surface area contributed by atoms with E-state index in [9.17, 15) is 9.90 Å². The standard InChI is InChI=1S/C22H26N2O4/c1-2-24(12-13-27-19-6-4-3-5-7-19)15-18(25)16-28-20-9-10-21-17(14-20)8-11-22(26)23-21/h3-11,14,18,25H,2,12-13,15-16H2,1H3,(H,23,26). The maximum Gasteiger partial charge on any atom is 0.248 e. The lowest BCUT2D eigenvalue weighted by Crippen LogP contribution is -2.37. The predicted octanol–water partition coefficient (Wildman–Crippen LogP) is 2.67. The lowest BCUT2D eigenvalue weighted by molar-refractivity contribution is 0.0652. The van der Waals surface area contributed by atoms with Crippen molar-refractivity contribution in [2.24, 2.45) is 0 Å². The minimum absolute atomic E-state index is 0.132. The van der Waals surface area contributed by atoms with Gasteiger partial charge in [-0.25, -0.2) is 0 Å². The predicted molar refractivity (Wildman–Crippen MR) is 110 cm³/mol. The van der Waals surface area contributed by atoms with Gasteiger partial charge < -0.3 is 19.6 Å². The quantitative estimate of drug-likeness (QED) is 0.564. The summed E-state index contributed by atoms with van der Waals surface area (Å²) < 4.78 is 11.4. The van der Waals surface area contributed by atoms with E-state index < -0.39 is 6.10 Å². The van der Waals surface area contributed by atoms with Gasteiger partial charge in [-0.1, -0.05) is 25.1 Å². The molecule has 0 radical (unpaired) electrons. The van der Waals surface area contributed by atoms with Gasteiger partial charge in [0.1, 0.15) is 30.8 Å². The molecule has 0 aliphatic carbocycles. The average molecular weight is 382 g/mol. The van der Waals surface area contributed by atoms with E-state index in [1.54, 1.807) is 18.2 Å². The molecule has 6 heteroatoms. The molecule has 0 saturated heterocycles. The molecule has 3 aromatic rings. The van der Waals surface area contributed by atoms with Gasteiger partial charge in [0.2, 0.25) is 5.56 Å². The maximum atomic E-state index is 11.3. The molecule has 1 unspecified atom stereocenters. The average Bonchev–Trinajstić information content (AvgIpc) is 2.72. The summed E-state index contributed by atoms with van der Waals surface area (Å²) in [5, 5.41) is 11.2. The highest BCUT2D eigenvalue weighted by Crippen LogP contribution is 2.18. The molecule has 0 fully saturated rings. The number of likely N-dealkylation sites (N-methyl/N-ethyl adjacent to an activating group) is 1. The topological polar surface area (TPSA) is 74.8 Å². The van der Waals surface area contributed by atoms with Crippen molar-refractivity contribution in [2.75, 3.05) is 32.8 Å². The summed E-state index contributed by atoms with van der Waals surface area (Å²) in [7, 11) is 0. The van der Waals surface area contributed by atoms with Crippen molar-refractivity contribution < 1.29 is 14.6 Å². The summed E-state index contributed by atoms with van der Waals surface area (Å²) in [6.45, 7) is 4.87. The lowest BCUT2D eigenvalue weighted by atomic mass is 10.2. The first-order chi connectivity index (χ1) is 13.6. The van der Waals surface area contributed by atoms with Gasteiger partial charge in [-0.05, 0) is 42.9 Å². The van der Waals surface area contributed by atoms with Crippen LogP contribution in [-0.2, 0) is 0 Å². The van der Waals surface area contributed by atoms with Crippen LogP contribution in [0, 0.1) is 0 Å². The molecule has 0 aliphatic heterocycles. The van der Waals surface area contributed by atoms with Crippen LogP contribution < -0.4 is 15.0 Å². The molecular weight excluding hydrogens is 356 g/mol. The monoisotopic (exact) mass is 382 g/mol. The molecule has 0 saturated carbocycles. The number of hydrogen-bond acceptors (Lipinski definition) is 5. The molecule has 0 amide bonds. The van der Waals surface area contributed by atoms with Crippen molar-refractivity contribution in [3.63, 3.8) is 0 Å². The highest BCUT2D eigenvalue weighted by atomic mass is 16.5. The third kappa shape index (κ3) is 5.84. The summed E-state index contributed by atoms with van der Waals surface area (Å²) in [4.78, 5) is 16.2. The Hall–Kier alpha value is -2.83. The van der Waals surface area contributed by atoms with Crippen LogP contribution in [0.4, 0.5) is 0 Å². The summed E-state index contributed by atoms with van der Waals surface area (Å²) in [5.74, 6) is 1.51. The molecule has 2 aromatic carbocycles. The Morgan fingerprint density at radius 3 is 2.64 bits per heavy atom. The van der Waals surface area contributed by atoms with Gasteiger partial charge in [0, 0.05) is 30.1 Å². The molecule has 0 aliphatic rings. The first-order valence-electron chi connectivity index (χ1n) is 9.48. The second-order valence-electron chi connectivity index (χ2n) is 6.59. The molecule has 148 valence electrons. The number of aliphatic hydroxyl groups excluding tert-OH is 1. The zero-order chi connectivity index (χ0) is 19.8. The number of ether oxygens (including phenoxy) is 2. The van der Waals surface area contributed by atoms with Crippen LogP contribution in [0.2, 0.25) is 0 Å². The third-order valence-corrected chi connectivity index (χ3v) is 4.47. The number of para-hydroxylation sites is 1. The van der Waals surface area contributed by atoms with Crippen molar-refractivity contribution >= 4 is 10.9 Å². The second kappa shape index (κ2) is 9.92. The van der Waals surface area contributed by atoms with Crippen LogP contribution >= 0.6 is 0 Å². The lowest BCUT2D eigenvalue weighted by Gasteiger charge is -2.23. The zero-order valence-corrected chi connectivity index (χ0v) is 16.0. The van der Waals surface area contributed by atoms with Crippen molar-refractivity contribution in [2.45, 2.75) is 13.0 Å². The van der Waals surface area contributed by atoms with Gasteiger partial charge in [0.15, 0.2) is 0 Å². The molecule has 28 heavy (non-hydrogen) atoms. The van der Waals surface area contributed by atoms with Crippen LogP contribution in [0.15, 0.2) is 65.5 Å². The number of nitrogens with one attached hydrogen (secondary N) is 1. The number of pyridine rings is 1. The third-order valence-electron chi connectivity index (χ3n) is 4.47. The van der Waals surface area contributed by atoms with Crippen LogP contribution in [0.25, 0.3) is 10.9 Å². The number of aromatic amines is 1. The number of aromatic nitrogens is 1. The summed E-state index contributed by atoms with van der Waals surface area (Å²) in [6.07, 6.45) is -0.608. The number of hydrogen-bond donors (Lipinski definition) is 2. The first-order valence-corrected chi connectivity index (χ1v) is 9.48. The van der Waals surface area contributed by atoms with Crippen LogP contribution in [-0.4, -0.2) is 53.9 Å². The van der Waals surface area contributed by atoms with Crippen LogP contribution in [0.3, 0.4) is 0 Å². The number of H-pyrrole nitrogens is 1. The van der Waals surface area contributed by atoms with Gasteiger partial charge in [0.05, 0.1) is 0 Å². The van der Waals surface area contributed by atoms with E-state index in [-0.39, 0.29) is 12.2 Å². The van der Waals surface area contributed by atoms with Gasteiger partial charge in [-0.15, -0.1) is 0 Å². The number of fused-ring (bicyclic) bond motifs is 1. The van der Waals surface area contributed by atoms with Crippen molar-refractivity contribution in [3.05, 3.63) is 71.0 Å². The summed E-state index contributed by atoms with van der Waals surface area (Å²) in [5.41, 5.74) is 0.628. The van der Waals surface area contributed by atoms with E-state index in [1.807, 2.05) is 36.4 Å². The molecule has 1 heterocycles. The second-order valence-corrected chi connectivity index (χ2v) is 6.59. The molecule has 0 spiro atoms. The minimum atomic E-state index is -0.608. The van der Waals surface area contributed by atoms with Gasteiger partial charge in [0.25, 0.3) is 0 Å². The molecule has 3 rings (SSSR count). The SMILES string of the molecule is CCN(CCOc1ccccc1)CC(O)COc1ccc2[nH]c(=O)ccc2c1. The first kappa shape index (κ1) is 19.9. The van der Waals surface area contributed by atoms with Gasteiger partial charge in [-0.3, -0.25) is 9.69 Å². The molecule has 2 N–H and O–H groups in total. The Morgan fingerprint density at radius 2 is 1.86 bits per heavy atom. The van der Waals surface area contributed by atoms with Crippen LogP contribution in [0.5, 0.6) is 11.5 Å². The highest BCUT2D eigenvalue weighted by Gasteiger charge is 2.12. The smallest absolute Gasteiger partial charge is 0.248 e. The number of aliphatic hydroxyl groups is 1. The largest absolute Gasteiger partial charge is 0.492 e. The molecule has 0 bridgehead atoms. The summed E-state index contributed by atoms with van der Waals surface area (Å²) in [6, 6.07) is 18.4. The Labute approximate surface area is 164 Å². The Kier molecular flexibility index (Phi) is 7.06. The normalized spacial score (nSPS) is 12.2. The minimum Gasteiger partial charge on any atom is -0.492 e. The fourth-order valence-corrected chi connectivity index (χ4v) is 2.95. The number of rotatable bonds is 10. The Balaban J connectivity index is 1.45. The van der Waals surface area contributed by atoms with E-state index in [2.05, 4.69) is 16.8 Å². The highest BCUT2D eigenvalue weighted by molar-refractivity contribution is 5.79. The van der Waals surface area contributed by atoms with Gasteiger partial charge in [-0.2, -0.15) is 0 Å². The molecule has 1 aromatic heterocycles. The van der Waals surface area contributed by atoms with E-state index >= 15 is 0 Å². The van der Waals surface area contributed by atoms with Crippen LogP contribution in [0.1, 0.15) is 6.92 Å². The fraction of sp³-hybridized carbons (Fsp3) is 0.318. The van der Waals surface area contributed by atoms with E-state index in [1.165, 1.54) is 6.07 Å². The van der Waals surface area contributed by atoms with Crippen molar-refractivity contribution in [3.8, 4) is 11.5 Å². The Bertz CT molecular complexity index is 926. The van der Waals surface area contributed by atoms with E-state index in [0.29, 0.717) is 18.9 Å². The van der Waals surface area contributed by atoms with E-state index in [4.69, 9.17) is 9.47 Å². The molecule has 1 atom stereocenters. The summed E-state index contributed by atoms with van der Waals surface area (Å²) >= 11 is 0. The number of benzene rings is 2. The zero-order valence-electron chi connectivity index (χ0n) is 16.0. The molecule has 6 nitrogen and oxygen atoms in total. The molecular formula is C22H26N2O4. The number of nitrogens with zero attached hydrogens (tertiary/aromatic N) is 1. The maximum absolute atomic E-state index is 11.3. The van der Waals surface area contributed by atoms with Crippen molar-refractivity contribution in [1.29, 1.82) is 0 Å². The van der Waals surface area contributed by atoms with E-state index in [0.717, 1.165) is 29.7 Å².